The smallest absolute Gasteiger partial charge is 0.407 e. The molecule has 2 aliphatic rings. The Morgan fingerprint density at radius 2 is 2.07 bits per heavy atom. The largest absolute Gasteiger partial charge is 0.444 e. The van der Waals surface area contributed by atoms with E-state index in [0.717, 1.165) is 21.0 Å². The van der Waals surface area contributed by atoms with Crippen LogP contribution >= 0.6 is 34.2 Å². The highest BCUT2D eigenvalue weighted by atomic mass is 127. The van der Waals surface area contributed by atoms with E-state index in [4.69, 9.17) is 25.8 Å². The quantitative estimate of drug-likeness (QED) is 0.455. The summed E-state index contributed by atoms with van der Waals surface area (Å²) in [7, 11) is 0. The summed E-state index contributed by atoms with van der Waals surface area (Å²) in [5, 5.41) is 4.16. The summed E-state index contributed by atoms with van der Waals surface area (Å²) in [5.74, 6) is -0.623. The summed E-state index contributed by atoms with van der Waals surface area (Å²) in [4.78, 5) is 20.7. The fourth-order valence-electron chi connectivity index (χ4n) is 4.32. The molecule has 0 aromatic carbocycles. The van der Waals surface area contributed by atoms with E-state index in [2.05, 4.69) is 42.4 Å². The number of carbonyl (C=O) groups is 1. The molecule has 4 rings (SSSR count). The Kier molecular flexibility index (Phi) is 5.70. The van der Waals surface area contributed by atoms with Crippen molar-refractivity contribution in [3.63, 3.8) is 0 Å². The van der Waals surface area contributed by atoms with Gasteiger partial charge in [0.05, 0.1) is 17.5 Å². The molecule has 4 atom stereocenters. The average molecular weight is 549 g/mol. The molecule has 1 saturated heterocycles. The maximum absolute atomic E-state index is 12.2. The Hall–Kier alpha value is -1.17. The lowest BCUT2D eigenvalue weighted by atomic mass is 10.1. The molecule has 30 heavy (non-hydrogen) atoms. The van der Waals surface area contributed by atoms with Crippen LogP contribution in [0.1, 0.15) is 47.1 Å². The molecular weight excluding hydrogens is 523 g/mol. The molecule has 0 spiro atoms. The number of halogens is 2. The van der Waals surface area contributed by atoms with Crippen LogP contribution in [0.4, 0.5) is 4.79 Å². The van der Waals surface area contributed by atoms with Gasteiger partial charge in [0.2, 0.25) is 0 Å². The minimum absolute atomic E-state index is 0.000746. The van der Waals surface area contributed by atoms with Gasteiger partial charge in [0.15, 0.2) is 5.79 Å². The second-order valence-electron chi connectivity index (χ2n) is 9.26. The molecule has 0 bridgehead atoms. The van der Waals surface area contributed by atoms with Crippen molar-refractivity contribution in [1.29, 1.82) is 0 Å². The third-order valence-corrected chi connectivity index (χ3v) is 6.44. The van der Waals surface area contributed by atoms with Crippen molar-refractivity contribution in [1.82, 2.24) is 19.9 Å². The number of fused-ring (bicyclic) bond motifs is 2. The molecule has 1 saturated carbocycles. The number of amides is 1. The van der Waals surface area contributed by atoms with Crippen molar-refractivity contribution in [3.05, 3.63) is 21.2 Å². The zero-order valence-electron chi connectivity index (χ0n) is 17.6. The molecule has 3 heterocycles. The lowest BCUT2D eigenvalue weighted by molar-refractivity contribution is -0.160. The van der Waals surface area contributed by atoms with Crippen molar-refractivity contribution >= 4 is 51.3 Å². The maximum Gasteiger partial charge on any atom is 0.407 e. The first kappa shape index (κ1) is 22.0. The molecule has 1 aliphatic carbocycles. The molecule has 1 N–H and O–H groups in total. The van der Waals surface area contributed by atoms with Gasteiger partial charge in [0, 0.05) is 22.2 Å². The highest BCUT2D eigenvalue weighted by Crippen LogP contribution is 2.48. The van der Waals surface area contributed by atoms with Crippen LogP contribution in [0, 0.1) is 9.49 Å². The number of nitrogens with one attached hydrogen (secondary N) is 1. The topological polar surface area (TPSA) is 87.5 Å². The number of hydrogen-bond acceptors (Lipinski definition) is 6. The summed E-state index contributed by atoms with van der Waals surface area (Å²) < 4.78 is 21.0. The van der Waals surface area contributed by atoms with Crippen molar-refractivity contribution < 1.29 is 19.0 Å². The molecule has 2 fully saturated rings. The summed E-state index contributed by atoms with van der Waals surface area (Å²) in [6.45, 7) is 9.80. The molecule has 8 nitrogen and oxygen atoms in total. The number of hydrogen-bond donors (Lipinski definition) is 1. The van der Waals surface area contributed by atoms with Crippen LogP contribution in [0.2, 0.25) is 5.15 Å². The fourth-order valence-corrected chi connectivity index (χ4v) is 5.50. The van der Waals surface area contributed by atoms with Gasteiger partial charge in [-0.3, -0.25) is 0 Å². The van der Waals surface area contributed by atoms with Gasteiger partial charge in [0.25, 0.3) is 0 Å². The third kappa shape index (κ3) is 4.26. The maximum atomic E-state index is 12.2. The minimum Gasteiger partial charge on any atom is -0.444 e. The molecule has 0 unspecified atom stereocenters. The number of rotatable bonds is 3. The van der Waals surface area contributed by atoms with E-state index >= 15 is 0 Å². The molecule has 1 amide bonds. The Balaban J connectivity index is 1.60. The highest BCUT2D eigenvalue weighted by molar-refractivity contribution is 14.1. The van der Waals surface area contributed by atoms with Gasteiger partial charge >= 0.3 is 6.09 Å². The van der Waals surface area contributed by atoms with Crippen LogP contribution in [0.25, 0.3) is 11.0 Å². The predicted molar refractivity (Wildman–Crippen MR) is 120 cm³/mol. The number of ether oxygens (including phenoxy) is 3. The second-order valence-corrected chi connectivity index (χ2v) is 10.8. The van der Waals surface area contributed by atoms with Gasteiger partial charge < -0.3 is 24.1 Å². The van der Waals surface area contributed by atoms with Crippen LogP contribution in [0.3, 0.4) is 0 Å². The van der Waals surface area contributed by atoms with Crippen LogP contribution in [0.5, 0.6) is 0 Å². The fraction of sp³-hybridized carbons (Fsp3) is 0.650. The Morgan fingerprint density at radius 3 is 2.77 bits per heavy atom. The van der Waals surface area contributed by atoms with Crippen molar-refractivity contribution in [3.8, 4) is 0 Å². The first-order valence-corrected chi connectivity index (χ1v) is 11.4. The number of alkyl carbamates (subject to hydrolysis) is 1. The molecule has 10 heteroatoms. The zero-order chi connectivity index (χ0) is 21.8. The second kappa shape index (κ2) is 7.75. The predicted octanol–water partition coefficient (Wildman–Crippen LogP) is 4.30. The SMILES string of the molecule is CC(C)(C)OC(=O)NC[C@H]1C[C@@H](n2cc(I)c3c(Cl)ncnc32)[C@@H]2OC(C)(C)O[C@H]12. The first-order valence-electron chi connectivity index (χ1n) is 9.94. The van der Waals surface area contributed by atoms with Gasteiger partial charge in [-0.25, -0.2) is 14.8 Å². The summed E-state index contributed by atoms with van der Waals surface area (Å²) in [6, 6.07) is -0.000746. The molecule has 1 aliphatic heterocycles. The lowest BCUT2D eigenvalue weighted by Crippen LogP contribution is -2.38. The number of aromatic nitrogens is 3. The molecule has 0 radical (unpaired) electrons. The minimum atomic E-state index is -0.694. The normalized spacial score (nSPS) is 28.0. The average Bonchev–Trinajstić information content (AvgIpc) is 3.21. The van der Waals surface area contributed by atoms with Crippen molar-refractivity contribution in [2.45, 2.75) is 70.7 Å². The highest BCUT2D eigenvalue weighted by Gasteiger charge is 2.54. The number of nitrogens with zero attached hydrogens (tertiary/aromatic N) is 3. The van der Waals surface area contributed by atoms with E-state index in [9.17, 15) is 4.79 Å². The van der Waals surface area contributed by atoms with E-state index in [1.54, 1.807) is 0 Å². The summed E-state index contributed by atoms with van der Waals surface area (Å²) in [5.41, 5.74) is 0.233. The molecule has 2 aromatic heterocycles. The molecule has 2 aromatic rings. The molecular formula is C20H26ClIN4O4. The summed E-state index contributed by atoms with van der Waals surface area (Å²) >= 11 is 8.57. The van der Waals surface area contributed by atoms with E-state index in [1.165, 1.54) is 6.33 Å². The Morgan fingerprint density at radius 1 is 1.37 bits per heavy atom. The van der Waals surface area contributed by atoms with Gasteiger partial charge in [-0.15, -0.1) is 0 Å². The van der Waals surface area contributed by atoms with E-state index < -0.39 is 17.5 Å². The number of carbonyl (C=O) groups excluding carboxylic acids is 1. The lowest BCUT2D eigenvalue weighted by Gasteiger charge is -2.25. The molecule has 164 valence electrons. The van der Waals surface area contributed by atoms with Gasteiger partial charge in [-0.05, 0) is 63.6 Å². The van der Waals surface area contributed by atoms with E-state index in [0.29, 0.717) is 11.7 Å². The van der Waals surface area contributed by atoms with Crippen LogP contribution in [-0.4, -0.2) is 50.8 Å². The van der Waals surface area contributed by atoms with Gasteiger partial charge in [-0.2, -0.15) is 0 Å². The summed E-state index contributed by atoms with van der Waals surface area (Å²) in [6.07, 6.45) is 3.54. The standard InChI is InChI=1S/C20H26ClIN4O4/c1-19(2,3)30-18(27)23-7-10-6-12(15-14(10)28-20(4,5)29-15)26-8-11(22)13-16(21)24-9-25-17(13)26/h8-10,12,14-15H,6-7H2,1-5H3,(H,23,27)/t10-,12-,14-,15+/m1/s1. The Labute approximate surface area is 194 Å². The van der Waals surface area contributed by atoms with Crippen molar-refractivity contribution in [2.75, 3.05) is 6.54 Å². The monoisotopic (exact) mass is 548 g/mol. The van der Waals surface area contributed by atoms with Crippen LogP contribution in [0.15, 0.2) is 12.5 Å². The van der Waals surface area contributed by atoms with E-state index in [-0.39, 0.29) is 24.2 Å². The van der Waals surface area contributed by atoms with E-state index in [1.807, 2.05) is 40.8 Å². The van der Waals surface area contributed by atoms with Crippen molar-refractivity contribution in [2.24, 2.45) is 5.92 Å². The third-order valence-electron chi connectivity index (χ3n) is 5.33. The van der Waals surface area contributed by atoms with Gasteiger partial charge in [-0.1, -0.05) is 11.6 Å². The van der Waals surface area contributed by atoms with Crippen LogP contribution < -0.4 is 5.32 Å². The Bertz CT molecular complexity index is 974. The zero-order valence-corrected chi connectivity index (χ0v) is 20.5. The van der Waals surface area contributed by atoms with Gasteiger partial charge in [0.1, 0.15) is 28.8 Å². The first-order chi connectivity index (χ1) is 14.0. The van der Waals surface area contributed by atoms with Crippen LogP contribution in [-0.2, 0) is 14.2 Å².